The standard InChI is InChI=1S/C4H5ClN2O2S/c1-7-3-4(2-6-7)10(5,8)9/h2-3H,1H3/i1D3. The monoisotopic (exact) mass is 183 g/mol. The average molecular weight is 184 g/mol. The molecule has 0 spiro atoms. The van der Waals surface area contributed by atoms with Gasteiger partial charge in [0.1, 0.15) is 4.90 Å². The first-order chi connectivity index (χ1) is 5.71. The minimum atomic E-state index is -3.90. The maximum absolute atomic E-state index is 10.7. The van der Waals surface area contributed by atoms with Crippen molar-refractivity contribution in [2.24, 2.45) is 6.98 Å². The van der Waals surface area contributed by atoms with Crippen LogP contribution in [0.2, 0.25) is 0 Å². The molecule has 0 fully saturated rings. The summed E-state index contributed by atoms with van der Waals surface area (Å²) in [5, 5.41) is 3.34. The van der Waals surface area contributed by atoms with Gasteiger partial charge in [0.15, 0.2) is 0 Å². The second-order valence-corrected chi connectivity index (χ2v) is 4.12. The highest BCUT2D eigenvalue weighted by Crippen LogP contribution is 2.11. The van der Waals surface area contributed by atoms with Gasteiger partial charge >= 0.3 is 0 Å². The Labute approximate surface area is 67.1 Å². The number of hydrogen-bond acceptors (Lipinski definition) is 3. The number of hydrogen-bond donors (Lipinski definition) is 0. The van der Waals surface area contributed by atoms with Gasteiger partial charge in [-0.15, -0.1) is 0 Å². The van der Waals surface area contributed by atoms with Gasteiger partial charge in [0.25, 0.3) is 9.05 Å². The zero-order valence-electron chi connectivity index (χ0n) is 7.65. The van der Waals surface area contributed by atoms with Gasteiger partial charge in [-0.2, -0.15) is 5.10 Å². The third-order valence-corrected chi connectivity index (χ3v) is 2.15. The lowest BCUT2D eigenvalue weighted by Crippen LogP contribution is -1.87. The summed E-state index contributed by atoms with van der Waals surface area (Å²) in [6.07, 6.45) is 1.74. The first-order valence-corrected chi connectivity index (χ1v) is 4.52. The summed E-state index contributed by atoms with van der Waals surface area (Å²) in [5.41, 5.74) is 0. The topological polar surface area (TPSA) is 52.0 Å². The molecule has 0 aliphatic heterocycles. The summed E-state index contributed by atoms with van der Waals surface area (Å²) in [6.45, 7) is -2.49. The molecule has 0 amide bonds. The number of nitrogens with zero attached hydrogens (tertiary/aromatic N) is 2. The third kappa shape index (κ3) is 1.48. The molecule has 1 heterocycles. The lowest BCUT2D eigenvalue weighted by Gasteiger charge is -1.84. The van der Waals surface area contributed by atoms with Crippen molar-refractivity contribution in [3.05, 3.63) is 12.4 Å². The Morgan fingerprint density at radius 2 is 2.60 bits per heavy atom. The number of aromatic nitrogens is 2. The molecule has 0 saturated heterocycles. The zero-order chi connectivity index (χ0) is 10.3. The van der Waals surface area contributed by atoms with E-state index < -0.39 is 16.0 Å². The normalized spacial score (nSPS) is 17.5. The Morgan fingerprint density at radius 1 is 1.90 bits per heavy atom. The molecule has 0 atom stereocenters. The van der Waals surface area contributed by atoms with E-state index in [0.29, 0.717) is 4.68 Å². The van der Waals surface area contributed by atoms with Gasteiger partial charge in [-0.05, 0) is 0 Å². The second kappa shape index (κ2) is 2.25. The van der Waals surface area contributed by atoms with Crippen LogP contribution in [0.5, 0.6) is 0 Å². The van der Waals surface area contributed by atoms with Gasteiger partial charge in [-0.3, -0.25) is 4.68 Å². The molecule has 1 rings (SSSR count). The molecule has 10 heavy (non-hydrogen) atoms. The Balaban J connectivity index is 3.16. The van der Waals surface area contributed by atoms with Gasteiger partial charge < -0.3 is 0 Å². The van der Waals surface area contributed by atoms with Crippen LogP contribution < -0.4 is 0 Å². The van der Waals surface area contributed by atoms with Crippen molar-refractivity contribution in [1.82, 2.24) is 9.78 Å². The van der Waals surface area contributed by atoms with E-state index in [1.54, 1.807) is 0 Å². The van der Waals surface area contributed by atoms with E-state index in [-0.39, 0.29) is 4.90 Å². The molecule has 0 N–H and O–H groups in total. The molecule has 1 aromatic heterocycles. The molecule has 1 aromatic rings. The summed E-state index contributed by atoms with van der Waals surface area (Å²) < 4.78 is 42.6. The summed E-state index contributed by atoms with van der Waals surface area (Å²) in [4.78, 5) is -0.328. The molecule has 0 saturated carbocycles. The van der Waals surface area contributed by atoms with Crippen LogP contribution in [0.15, 0.2) is 17.3 Å². The highest BCUT2D eigenvalue weighted by molar-refractivity contribution is 8.13. The minimum absolute atomic E-state index is 0.328. The maximum atomic E-state index is 10.7. The van der Waals surface area contributed by atoms with Crippen LogP contribution in [0, 0.1) is 0 Å². The second-order valence-electron chi connectivity index (χ2n) is 1.56. The molecular formula is C4H5ClN2O2S. The molecule has 0 aromatic carbocycles. The average Bonchev–Trinajstić information content (AvgIpc) is 2.28. The zero-order valence-corrected chi connectivity index (χ0v) is 6.22. The highest BCUT2D eigenvalue weighted by atomic mass is 35.7. The summed E-state index contributed by atoms with van der Waals surface area (Å²) >= 11 is 0. The van der Waals surface area contributed by atoms with Crippen molar-refractivity contribution in [3.63, 3.8) is 0 Å². The first kappa shape index (κ1) is 4.35. The SMILES string of the molecule is [2H]C([2H])([2H])n1cc(S(=O)(=O)Cl)cn1. The predicted octanol–water partition coefficient (Wildman–Crippen LogP) is 0.348. The molecule has 0 bridgehead atoms. The van der Waals surface area contributed by atoms with Crippen LogP contribution in [0.1, 0.15) is 4.11 Å². The molecule has 56 valence electrons. The summed E-state index contributed by atoms with van der Waals surface area (Å²) in [7, 11) is 1.05. The van der Waals surface area contributed by atoms with E-state index >= 15 is 0 Å². The van der Waals surface area contributed by atoms with Crippen LogP contribution in [0.4, 0.5) is 0 Å². The smallest absolute Gasteiger partial charge is 0.264 e. The van der Waals surface area contributed by atoms with Crippen LogP contribution >= 0.6 is 10.7 Å². The fraction of sp³-hybridized carbons (Fsp3) is 0.250. The predicted molar refractivity (Wildman–Crippen MR) is 36.2 cm³/mol. The fourth-order valence-electron chi connectivity index (χ4n) is 0.432. The first-order valence-electron chi connectivity index (χ1n) is 3.71. The van der Waals surface area contributed by atoms with E-state index in [1.807, 2.05) is 0 Å². The van der Waals surface area contributed by atoms with E-state index in [0.717, 1.165) is 12.4 Å². The minimum Gasteiger partial charge on any atom is -0.274 e. The van der Waals surface area contributed by atoms with Crippen molar-refractivity contribution in [3.8, 4) is 0 Å². The van der Waals surface area contributed by atoms with Crippen LogP contribution in [0.3, 0.4) is 0 Å². The van der Waals surface area contributed by atoms with Crippen LogP contribution in [-0.2, 0) is 16.0 Å². The van der Waals surface area contributed by atoms with Crippen molar-refractivity contribution in [2.45, 2.75) is 4.90 Å². The molecule has 0 unspecified atom stereocenters. The summed E-state index contributed by atoms with van der Waals surface area (Å²) in [5.74, 6) is 0. The lowest BCUT2D eigenvalue weighted by atomic mass is 10.7. The van der Waals surface area contributed by atoms with Gasteiger partial charge in [0.05, 0.1) is 6.20 Å². The molecule has 4 nitrogen and oxygen atoms in total. The Kier molecular flexibility index (Phi) is 0.978. The number of aryl methyl sites for hydroxylation is 1. The largest absolute Gasteiger partial charge is 0.274 e. The van der Waals surface area contributed by atoms with E-state index in [1.165, 1.54) is 0 Å². The van der Waals surface area contributed by atoms with E-state index in [9.17, 15) is 8.42 Å². The Morgan fingerprint density at radius 3 is 2.90 bits per heavy atom. The fourth-order valence-corrected chi connectivity index (χ4v) is 1.07. The quantitative estimate of drug-likeness (QED) is 0.591. The van der Waals surface area contributed by atoms with Crippen LogP contribution in [-0.4, -0.2) is 18.2 Å². The van der Waals surface area contributed by atoms with E-state index in [4.69, 9.17) is 14.8 Å². The molecule has 6 heteroatoms. The van der Waals surface area contributed by atoms with Crippen molar-refractivity contribution in [1.29, 1.82) is 0 Å². The van der Waals surface area contributed by atoms with Crippen molar-refractivity contribution < 1.29 is 12.5 Å². The molecule has 0 radical (unpaired) electrons. The molecule has 0 aliphatic rings. The Hall–Kier alpha value is -0.550. The molecule has 0 aliphatic carbocycles. The van der Waals surface area contributed by atoms with Crippen molar-refractivity contribution >= 4 is 19.7 Å². The number of halogens is 1. The maximum Gasteiger partial charge on any atom is 0.264 e. The van der Waals surface area contributed by atoms with Gasteiger partial charge in [-0.1, -0.05) is 0 Å². The van der Waals surface area contributed by atoms with Crippen LogP contribution in [0.25, 0.3) is 0 Å². The van der Waals surface area contributed by atoms with Gasteiger partial charge in [0.2, 0.25) is 0 Å². The molecular weight excluding hydrogens is 176 g/mol. The Bertz CT molecular complexity index is 409. The lowest BCUT2D eigenvalue weighted by molar-refractivity contribution is 0.609. The van der Waals surface area contributed by atoms with Crippen molar-refractivity contribution in [2.75, 3.05) is 0 Å². The van der Waals surface area contributed by atoms with E-state index in [2.05, 4.69) is 5.10 Å². The summed E-state index contributed by atoms with van der Waals surface area (Å²) in [6, 6.07) is 0. The third-order valence-electron chi connectivity index (χ3n) is 0.840. The van der Waals surface area contributed by atoms with Gasteiger partial charge in [0, 0.05) is 28.0 Å². The number of rotatable bonds is 1. The highest BCUT2D eigenvalue weighted by Gasteiger charge is 2.10. The van der Waals surface area contributed by atoms with Gasteiger partial charge in [-0.25, -0.2) is 8.42 Å².